The molecular formula is C24H29NO. The third-order valence-electron chi connectivity index (χ3n) is 6.31. The van der Waals surface area contributed by atoms with Crippen molar-refractivity contribution < 1.29 is 4.79 Å². The smallest absolute Gasteiger partial charge is 0.166 e. The van der Waals surface area contributed by atoms with Gasteiger partial charge < -0.3 is 4.90 Å². The van der Waals surface area contributed by atoms with E-state index in [2.05, 4.69) is 54.3 Å². The van der Waals surface area contributed by atoms with Gasteiger partial charge in [0.15, 0.2) is 5.78 Å². The minimum absolute atomic E-state index is 0.219. The number of Topliss-reactive ketones (excluding diaryl/α,β-unsaturated/α-hetero) is 1. The lowest BCUT2D eigenvalue weighted by Gasteiger charge is -2.33. The molecule has 0 N–H and O–H groups in total. The molecule has 0 radical (unpaired) electrons. The molecule has 1 atom stereocenters. The van der Waals surface area contributed by atoms with Crippen molar-refractivity contribution in [1.82, 2.24) is 4.90 Å². The lowest BCUT2D eigenvalue weighted by molar-refractivity contribution is 0.0877. The minimum Gasteiger partial charge on any atom is -0.303 e. The topological polar surface area (TPSA) is 20.3 Å². The Hall–Kier alpha value is -1.93. The predicted molar refractivity (Wildman–Crippen MR) is 107 cm³/mol. The number of rotatable bonds is 4. The summed E-state index contributed by atoms with van der Waals surface area (Å²) in [6.45, 7) is 5.50. The average Bonchev–Trinajstić information content (AvgIpc) is 2.68. The fourth-order valence-corrected chi connectivity index (χ4v) is 4.68. The molecule has 2 aliphatic rings. The number of fused-ring (bicyclic) bond motifs is 1. The van der Waals surface area contributed by atoms with Crippen LogP contribution in [0.4, 0.5) is 0 Å². The average molecular weight is 348 g/mol. The molecule has 4 rings (SSSR count). The summed E-state index contributed by atoms with van der Waals surface area (Å²) in [5.74, 6) is 1.31. The lowest BCUT2D eigenvalue weighted by Crippen LogP contribution is -2.35. The second kappa shape index (κ2) is 7.75. The first-order chi connectivity index (χ1) is 12.7. The summed E-state index contributed by atoms with van der Waals surface area (Å²) in [7, 11) is 0. The summed E-state index contributed by atoms with van der Waals surface area (Å²) in [5.41, 5.74) is 4.99. The van der Waals surface area contributed by atoms with Crippen molar-refractivity contribution in [3.8, 4) is 0 Å². The molecule has 1 aliphatic heterocycles. The maximum absolute atomic E-state index is 12.8. The van der Waals surface area contributed by atoms with E-state index in [4.69, 9.17) is 0 Å². The van der Waals surface area contributed by atoms with Gasteiger partial charge in [-0.2, -0.15) is 0 Å². The zero-order valence-corrected chi connectivity index (χ0v) is 15.8. The minimum atomic E-state index is 0.219. The van der Waals surface area contributed by atoms with Gasteiger partial charge in [0.05, 0.1) is 0 Å². The Morgan fingerprint density at radius 1 is 1.00 bits per heavy atom. The molecule has 136 valence electrons. The van der Waals surface area contributed by atoms with Gasteiger partial charge in [0.2, 0.25) is 0 Å². The van der Waals surface area contributed by atoms with Crippen LogP contribution in [0.2, 0.25) is 0 Å². The van der Waals surface area contributed by atoms with Crippen LogP contribution in [0, 0.1) is 12.8 Å². The standard InChI is InChI=1S/C24H29NO/c1-18-7-10-23-22(17-18)9-8-21(24(23)26)13-16-25-14-11-20(12-15-25)19-5-3-2-4-6-19/h2-7,10,17,20-21H,8-9,11-16H2,1H3. The Kier molecular flexibility index (Phi) is 5.21. The molecule has 1 fully saturated rings. The van der Waals surface area contributed by atoms with Crippen LogP contribution in [-0.4, -0.2) is 30.3 Å². The first-order valence-electron chi connectivity index (χ1n) is 10.1. The van der Waals surface area contributed by atoms with Crippen molar-refractivity contribution in [3.05, 3.63) is 70.8 Å². The van der Waals surface area contributed by atoms with Gasteiger partial charge in [0.25, 0.3) is 0 Å². The van der Waals surface area contributed by atoms with Crippen LogP contribution in [-0.2, 0) is 6.42 Å². The monoisotopic (exact) mass is 347 g/mol. The first kappa shape index (κ1) is 17.5. The predicted octanol–water partition coefficient (Wildman–Crippen LogP) is 5.01. The zero-order valence-electron chi connectivity index (χ0n) is 15.8. The number of carbonyl (C=O) groups is 1. The maximum Gasteiger partial charge on any atom is 0.166 e. The van der Waals surface area contributed by atoms with E-state index in [-0.39, 0.29) is 5.92 Å². The Morgan fingerprint density at radius 2 is 1.77 bits per heavy atom. The molecule has 2 heteroatoms. The first-order valence-corrected chi connectivity index (χ1v) is 10.1. The molecule has 26 heavy (non-hydrogen) atoms. The molecular weight excluding hydrogens is 318 g/mol. The summed E-state index contributed by atoms with van der Waals surface area (Å²) in [6, 6.07) is 17.2. The van der Waals surface area contributed by atoms with Crippen LogP contribution in [0.5, 0.6) is 0 Å². The number of hydrogen-bond donors (Lipinski definition) is 0. The van der Waals surface area contributed by atoms with Crippen LogP contribution in [0.3, 0.4) is 0 Å². The number of carbonyl (C=O) groups excluding carboxylic acids is 1. The number of likely N-dealkylation sites (tertiary alicyclic amines) is 1. The Morgan fingerprint density at radius 3 is 2.54 bits per heavy atom. The van der Waals surface area contributed by atoms with Crippen LogP contribution < -0.4 is 0 Å². The van der Waals surface area contributed by atoms with Crippen LogP contribution >= 0.6 is 0 Å². The molecule has 0 saturated carbocycles. The van der Waals surface area contributed by atoms with Crippen molar-refractivity contribution >= 4 is 5.78 Å². The maximum atomic E-state index is 12.8. The molecule has 1 saturated heterocycles. The number of ketones is 1. The highest BCUT2D eigenvalue weighted by Gasteiger charge is 2.28. The summed E-state index contributed by atoms with van der Waals surface area (Å²) >= 11 is 0. The number of piperidine rings is 1. The van der Waals surface area contributed by atoms with E-state index < -0.39 is 0 Å². The van der Waals surface area contributed by atoms with E-state index in [1.165, 1.54) is 29.5 Å². The van der Waals surface area contributed by atoms with Crippen molar-refractivity contribution in [2.24, 2.45) is 5.92 Å². The highest BCUT2D eigenvalue weighted by Crippen LogP contribution is 2.31. The van der Waals surface area contributed by atoms with Crippen molar-refractivity contribution in [3.63, 3.8) is 0 Å². The summed E-state index contributed by atoms with van der Waals surface area (Å²) in [4.78, 5) is 15.4. The SMILES string of the molecule is Cc1ccc2c(c1)CCC(CCN1CCC(c3ccccc3)CC1)C2=O. The van der Waals surface area contributed by atoms with Crippen molar-refractivity contribution in [2.45, 2.75) is 44.9 Å². The largest absolute Gasteiger partial charge is 0.303 e. The van der Waals surface area contributed by atoms with Gasteiger partial charge in [-0.1, -0.05) is 54.1 Å². The quantitative estimate of drug-likeness (QED) is 0.775. The van der Waals surface area contributed by atoms with Crippen molar-refractivity contribution in [2.75, 3.05) is 19.6 Å². The third kappa shape index (κ3) is 3.76. The van der Waals surface area contributed by atoms with E-state index >= 15 is 0 Å². The number of benzene rings is 2. The molecule has 2 aromatic carbocycles. The van der Waals surface area contributed by atoms with Crippen LogP contribution in [0.1, 0.15) is 58.6 Å². The van der Waals surface area contributed by atoms with E-state index in [1.54, 1.807) is 0 Å². The Bertz CT molecular complexity index is 759. The molecule has 0 spiro atoms. The highest BCUT2D eigenvalue weighted by molar-refractivity contribution is 6.00. The van der Waals surface area contributed by atoms with Gasteiger partial charge in [0, 0.05) is 11.5 Å². The van der Waals surface area contributed by atoms with Crippen molar-refractivity contribution in [1.29, 1.82) is 0 Å². The van der Waals surface area contributed by atoms with Gasteiger partial charge in [-0.15, -0.1) is 0 Å². The van der Waals surface area contributed by atoms with Crippen LogP contribution in [0.25, 0.3) is 0 Å². The molecule has 1 aliphatic carbocycles. The fraction of sp³-hybridized carbons (Fsp3) is 0.458. The Balaban J connectivity index is 1.29. The highest BCUT2D eigenvalue weighted by atomic mass is 16.1. The molecule has 2 aromatic rings. The van der Waals surface area contributed by atoms with Gasteiger partial charge in [0.1, 0.15) is 0 Å². The summed E-state index contributed by atoms with van der Waals surface area (Å²) in [6.07, 6.45) is 5.58. The molecule has 0 aromatic heterocycles. The number of aryl methyl sites for hydroxylation is 2. The molecule has 1 heterocycles. The zero-order chi connectivity index (χ0) is 17.9. The van der Waals surface area contributed by atoms with Crippen LogP contribution in [0.15, 0.2) is 48.5 Å². The molecule has 0 amide bonds. The van der Waals surface area contributed by atoms with E-state index in [0.717, 1.165) is 44.5 Å². The van der Waals surface area contributed by atoms with E-state index in [0.29, 0.717) is 11.7 Å². The van der Waals surface area contributed by atoms with Gasteiger partial charge in [-0.05, 0) is 75.7 Å². The van der Waals surface area contributed by atoms with Gasteiger partial charge in [-0.3, -0.25) is 4.79 Å². The lowest BCUT2D eigenvalue weighted by atomic mass is 9.80. The number of hydrogen-bond acceptors (Lipinski definition) is 2. The normalized spacial score (nSPS) is 21.6. The summed E-state index contributed by atoms with van der Waals surface area (Å²) in [5, 5.41) is 0. The van der Waals surface area contributed by atoms with E-state index in [9.17, 15) is 4.79 Å². The fourth-order valence-electron chi connectivity index (χ4n) is 4.68. The molecule has 2 nitrogen and oxygen atoms in total. The second-order valence-electron chi connectivity index (χ2n) is 8.08. The number of nitrogens with zero attached hydrogens (tertiary/aromatic N) is 1. The molecule has 1 unspecified atom stereocenters. The third-order valence-corrected chi connectivity index (χ3v) is 6.31. The molecule has 0 bridgehead atoms. The Labute approximate surface area is 157 Å². The van der Waals surface area contributed by atoms with Gasteiger partial charge >= 0.3 is 0 Å². The van der Waals surface area contributed by atoms with E-state index in [1.807, 2.05) is 6.07 Å². The van der Waals surface area contributed by atoms with Gasteiger partial charge in [-0.25, -0.2) is 0 Å². The summed E-state index contributed by atoms with van der Waals surface area (Å²) < 4.78 is 0. The second-order valence-corrected chi connectivity index (χ2v) is 8.08.